The van der Waals surface area contributed by atoms with Gasteiger partial charge in [0.2, 0.25) is 5.43 Å². The molecule has 0 radical (unpaired) electrons. The first-order chi connectivity index (χ1) is 23.7. The zero-order chi connectivity index (χ0) is 31.5. The zero-order valence-corrected chi connectivity index (χ0v) is 25.5. The van der Waals surface area contributed by atoms with Gasteiger partial charge in [-0.1, -0.05) is 84.9 Å². The van der Waals surface area contributed by atoms with Crippen LogP contribution in [0.2, 0.25) is 0 Å². The molecule has 0 fully saturated rings. The molecular weight excluding hydrogens is 592 g/mol. The van der Waals surface area contributed by atoms with E-state index in [0.717, 1.165) is 49.8 Å². The van der Waals surface area contributed by atoms with E-state index in [4.69, 9.17) is 8.83 Å². The lowest BCUT2D eigenvalue weighted by atomic mass is 10.1. The molecule has 48 heavy (non-hydrogen) atoms. The van der Waals surface area contributed by atoms with Crippen molar-refractivity contribution in [3.63, 3.8) is 0 Å². The highest BCUT2D eigenvalue weighted by molar-refractivity contribution is 6.16. The summed E-state index contributed by atoms with van der Waals surface area (Å²) in [5.41, 5.74) is 8.79. The first-order valence-electron chi connectivity index (χ1n) is 16.1. The molecule has 0 aliphatic rings. The Labute approximate surface area is 272 Å². The van der Waals surface area contributed by atoms with E-state index >= 15 is 0 Å². The number of rotatable bonds is 2. The van der Waals surface area contributed by atoms with Crippen LogP contribution in [0.25, 0.3) is 98.9 Å². The van der Waals surface area contributed by atoms with E-state index in [9.17, 15) is 4.79 Å². The van der Waals surface area contributed by atoms with Gasteiger partial charge in [-0.2, -0.15) is 0 Å². The second-order valence-corrected chi connectivity index (χ2v) is 12.5. The monoisotopic (exact) mass is 616 g/mol. The van der Waals surface area contributed by atoms with Crippen molar-refractivity contribution in [1.82, 2.24) is 9.13 Å². The maximum Gasteiger partial charge on any atom is 0.200 e. The summed E-state index contributed by atoms with van der Waals surface area (Å²) in [5.74, 6) is 0. The molecule has 0 unspecified atom stereocenters. The molecule has 4 heterocycles. The summed E-state index contributed by atoms with van der Waals surface area (Å²) >= 11 is 0. The fourth-order valence-corrected chi connectivity index (χ4v) is 7.82. The maximum atomic E-state index is 13.6. The number of hydrogen-bond acceptors (Lipinski definition) is 3. The molecule has 7 aromatic carbocycles. The van der Waals surface area contributed by atoms with Gasteiger partial charge >= 0.3 is 0 Å². The molecule has 11 aromatic rings. The van der Waals surface area contributed by atoms with Gasteiger partial charge in [0.05, 0.1) is 38.5 Å². The Balaban J connectivity index is 1.34. The molecule has 5 nitrogen and oxygen atoms in total. The van der Waals surface area contributed by atoms with E-state index in [-0.39, 0.29) is 5.43 Å². The van der Waals surface area contributed by atoms with Crippen LogP contribution in [-0.2, 0) is 0 Å². The Morgan fingerprint density at radius 2 is 0.854 bits per heavy atom. The first-order valence-corrected chi connectivity index (χ1v) is 16.1. The molecule has 0 N–H and O–H groups in total. The SMILES string of the molecule is O=c1c2ccccc2oc2cc3c(cc12)oc1c(-n2c4ccccc4c4ccccc42)cc(-n2c4ccccc4c4ccccc42)cc13. The number of fused-ring (bicyclic) bond motifs is 11. The Hall–Kier alpha value is -6.59. The standard InChI is InChI=1S/C43H24N2O3/c46-42-30-15-5-10-20-39(30)47-41-23-31-32-21-25(44-34-16-6-1-11-26(34)27-12-2-7-17-35(27)44)22-38(43(32)48-40(31)24-33(41)42)45-36-18-8-3-13-28(36)29-14-4-9-19-37(29)45/h1-24H. The van der Waals surface area contributed by atoms with Crippen molar-refractivity contribution in [2.45, 2.75) is 0 Å². The third-order valence-electron chi connectivity index (χ3n) is 9.89. The molecule has 5 heteroatoms. The van der Waals surface area contributed by atoms with Gasteiger partial charge in [-0.15, -0.1) is 0 Å². The molecule has 0 aliphatic heterocycles. The van der Waals surface area contributed by atoms with Crippen molar-refractivity contribution in [2.75, 3.05) is 0 Å². The minimum absolute atomic E-state index is 0.0669. The average Bonchev–Trinajstić information content (AvgIpc) is 3.78. The number of benzene rings is 7. The summed E-state index contributed by atoms with van der Waals surface area (Å²) in [6, 6.07) is 49.8. The second kappa shape index (κ2) is 9.24. The van der Waals surface area contributed by atoms with Crippen LogP contribution in [0, 0.1) is 0 Å². The van der Waals surface area contributed by atoms with E-state index in [1.807, 2.05) is 36.4 Å². The molecule has 4 aromatic heterocycles. The molecule has 0 atom stereocenters. The smallest absolute Gasteiger partial charge is 0.200 e. The summed E-state index contributed by atoms with van der Waals surface area (Å²) in [5, 5.41) is 7.63. The zero-order valence-electron chi connectivity index (χ0n) is 25.5. The van der Waals surface area contributed by atoms with Crippen molar-refractivity contribution < 1.29 is 8.83 Å². The molecule has 0 amide bonds. The second-order valence-electron chi connectivity index (χ2n) is 12.5. The summed E-state index contributed by atoms with van der Waals surface area (Å²) in [6.45, 7) is 0. The fourth-order valence-electron chi connectivity index (χ4n) is 7.82. The number of nitrogens with zero attached hydrogens (tertiary/aromatic N) is 2. The summed E-state index contributed by atoms with van der Waals surface area (Å²) < 4.78 is 17.8. The van der Waals surface area contributed by atoms with Crippen LogP contribution >= 0.6 is 0 Å². The van der Waals surface area contributed by atoms with Crippen LogP contribution in [0.15, 0.2) is 159 Å². The van der Waals surface area contributed by atoms with E-state index in [2.05, 4.69) is 118 Å². The molecule has 0 saturated heterocycles. The molecule has 0 bridgehead atoms. The largest absolute Gasteiger partial charge is 0.456 e. The van der Waals surface area contributed by atoms with Gasteiger partial charge in [0.25, 0.3) is 0 Å². The molecule has 0 saturated carbocycles. The number of aromatic nitrogens is 2. The predicted molar refractivity (Wildman–Crippen MR) is 196 cm³/mol. The van der Waals surface area contributed by atoms with Crippen LogP contribution in [0.1, 0.15) is 0 Å². The Morgan fingerprint density at radius 1 is 0.375 bits per heavy atom. The van der Waals surface area contributed by atoms with Crippen LogP contribution in [0.3, 0.4) is 0 Å². The van der Waals surface area contributed by atoms with E-state index in [0.29, 0.717) is 27.5 Å². The van der Waals surface area contributed by atoms with E-state index < -0.39 is 0 Å². The van der Waals surface area contributed by atoms with Crippen molar-refractivity contribution in [3.8, 4) is 11.4 Å². The number of para-hydroxylation sites is 5. The van der Waals surface area contributed by atoms with Gasteiger partial charge in [0.15, 0.2) is 5.58 Å². The molecular formula is C43H24N2O3. The lowest BCUT2D eigenvalue weighted by Crippen LogP contribution is -2.01. The third kappa shape index (κ3) is 3.32. The lowest BCUT2D eigenvalue weighted by Gasteiger charge is -2.14. The number of hydrogen-bond donors (Lipinski definition) is 0. The van der Waals surface area contributed by atoms with Crippen molar-refractivity contribution in [3.05, 3.63) is 156 Å². The van der Waals surface area contributed by atoms with Crippen LogP contribution < -0.4 is 5.43 Å². The highest BCUT2D eigenvalue weighted by atomic mass is 16.3. The minimum atomic E-state index is -0.0669. The number of furan rings is 1. The fraction of sp³-hybridized carbons (Fsp3) is 0. The first kappa shape index (κ1) is 25.6. The van der Waals surface area contributed by atoms with Gasteiger partial charge in [0, 0.05) is 38.0 Å². The molecule has 0 aliphatic carbocycles. The average molecular weight is 617 g/mol. The quantitative estimate of drug-likeness (QED) is 0.182. The van der Waals surface area contributed by atoms with Gasteiger partial charge in [-0.25, -0.2) is 0 Å². The molecule has 224 valence electrons. The highest BCUT2D eigenvalue weighted by Gasteiger charge is 2.22. The van der Waals surface area contributed by atoms with Crippen LogP contribution in [-0.4, -0.2) is 9.13 Å². The normalized spacial score (nSPS) is 12.2. The van der Waals surface area contributed by atoms with Crippen molar-refractivity contribution in [2.24, 2.45) is 0 Å². The summed E-state index contributed by atoms with van der Waals surface area (Å²) in [4.78, 5) is 13.6. The van der Waals surface area contributed by atoms with Gasteiger partial charge in [-0.05, 0) is 60.7 Å². The minimum Gasteiger partial charge on any atom is -0.456 e. The van der Waals surface area contributed by atoms with E-state index in [1.54, 1.807) is 0 Å². The van der Waals surface area contributed by atoms with Gasteiger partial charge in [0.1, 0.15) is 16.7 Å². The summed E-state index contributed by atoms with van der Waals surface area (Å²) in [6.07, 6.45) is 0. The topological polar surface area (TPSA) is 53.2 Å². The summed E-state index contributed by atoms with van der Waals surface area (Å²) in [7, 11) is 0. The predicted octanol–water partition coefficient (Wildman–Crippen LogP) is 11.0. The van der Waals surface area contributed by atoms with Crippen molar-refractivity contribution in [1.29, 1.82) is 0 Å². The maximum absolute atomic E-state index is 13.6. The highest BCUT2D eigenvalue weighted by Crippen LogP contribution is 2.42. The molecule has 0 spiro atoms. The third-order valence-corrected chi connectivity index (χ3v) is 9.89. The van der Waals surface area contributed by atoms with Crippen molar-refractivity contribution >= 4 is 87.5 Å². The Bertz CT molecular complexity index is 3100. The van der Waals surface area contributed by atoms with Crippen LogP contribution in [0.5, 0.6) is 0 Å². The lowest BCUT2D eigenvalue weighted by molar-refractivity contribution is 0.656. The van der Waals surface area contributed by atoms with Gasteiger partial charge < -0.3 is 18.0 Å². The Morgan fingerprint density at radius 3 is 1.46 bits per heavy atom. The van der Waals surface area contributed by atoms with Gasteiger partial charge in [-0.3, -0.25) is 4.79 Å². The Kier molecular flexibility index (Phi) is 4.93. The van der Waals surface area contributed by atoms with E-state index in [1.165, 1.54) is 21.5 Å². The molecule has 11 rings (SSSR count). The van der Waals surface area contributed by atoms with Crippen LogP contribution in [0.4, 0.5) is 0 Å².